The number of aliphatic imine (C=N–C) groups is 1. The van der Waals surface area contributed by atoms with Crippen LogP contribution in [0.15, 0.2) is 53.5 Å². The topological polar surface area (TPSA) is 12.4 Å². The third kappa shape index (κ3) is 3.63. The second kappa shape index (κ2) is 8.67. The predicted octanol–water partition coefficient (Wildman–Crippen LogP) is 9.37. The Morgan fingerprint density at radius 2 is 1.32 bits per heavy atom. The Morgan fingerprint density at radius 3 is 2.00 bits per heavy atom. The SMILES string of the molecule is c1cc2c3c(ccc(CC4CCCC4)c3c1)N=C2c1cc(C2CCCC2)cc(C2CCCC2)c1. The van der Waals surface area contributed by atoms with Crippen molar-refractivity contribution >= 4 is 22.2 Å². The van der Waals surface area contributed by atoms with Gasteiger partial charge in [0.25, 0.3) is 0 Å². The number of benzene rings is 3. The van der Waals surface area contributed by atoms with Gasteiger partial charge in [0.05, 0.1) is 11.4 Å². The van der Waals surface area contributed by atoms with Crippen LogP contribution >= 0.6 is 0 Å². The van der Waals surface area contributed by atoms with E-state index in [2.05, 4.69) is 48.5 Å². The van der Waals surface area contributed by atoms with Crippen LogP contribution < -0.4 is 0 Å². The Balaban J connectivity index is 1.31. The van der Waals surface area contributed by atoms with Crippen LogP contribution in [0, 0.1) is 5.92 Å². The molecule has 1 nitrogen and oxygen atoms in total. The highest BCUT2D eigenvalue weighted by atomic mass is 14.8. The molecule has 3 aromatic rings. The lowest BCUT2D eigenvalue weighted by Crippen LogP contribution is -2.06. The number of rotatable bonds is 5. The lowest BCUT2D eigenvalue weighted by molar-refractivity contribution is 0.548. The molecule has 34 heavy (non-hydrogen) atoms. The molecule has 3 fully saturated rings. The first-order valence-electron chi connectivity index (χ1n) is 14.1. The molecule has 0 aromatic heterocycles. The summed E-state index contributed by atoms with van der Waals surface area (Å²) in [4.78, 5) is 5.29. The zero-order valence-corrected chi connectivity index (χ0v) is 20.5. The van der Waals surface area contributed by atoms with Crippen LogP contribution in [0.3, 0.4) is 0 Å². The molecule has 1 heterocycles. The van der Waals surface area contributed by atoms with Gasteiger partial charge in [-0.25, -0.2) is 4.99 Å². The van der Waals surface area contributed by atoms with Gasteiger partial charge >= 0.3 is 0 Å². The summed E-state index contributed by atoms with van der Waals surface area (Å²) in [6.07, 6.45) is 17.9. The molecule has 3 aliphatic carbocycles. The van der Waals surface area contributed by atoms with E-state index in [9.17, 15) is 0 Å². The largest absolute Gasteiger partial charge is 0.247 e. The van der Waals surface area contributed by atoms with Crippen molar-refractivity contribution < 1.29 is 0 Å². The molecule has 0 radical (unpaired) electrons. The standard InChI is InChI=1S/C33H37N/c1-2-9-22(8-1)18-25-16-17-31-32-29(25)14-7-15-30(32)33(34-31)28-20-26(23-10-3-4-11-23)19-27(21-28)24-12-5-6-13-24/h7,14-17,19-24H,1-6,8-13,18H2. The summed E-state index contributed by atoms with van der Waals surface area (Å²) < 4.78 is 0. The Labute approximate surface area is 204 Å². The molecule has 3 aromatic carbocycles. The van der Waals surface area contributed by atoms with E-state index < -0.39 is 0 Å². The van der Waals surface area contributed by atoms with Gasteiger partial charge in [0, 0.05) is 16.5 Å². The van der Waals surface area contributed by atoms with Crippen molar-refractivity contribution in [2.75, 3.05) is 0 Å². The van der Waals surface area contributed by atoms with Crippen LogP contribution in [0.4, 0.5) is 5.69 Å². The molecule has 0 N–H and O–H groups in total. The second-order valence-electron chi connectivity index (χ2n) is 11.6. The van der Waals surface area contributed by atoms with E-state index >= 15 is 0 Å². The van der Waals surface area contributed by atoms with Crippen LogP contribution in [-0.4, -0.2) is 5.71 Å². The van der Waals surface area contributed by atoms with E-state index in [4.69, 9.17) is 4.99 Å². The van der Waals surface area contributed by atoms with E-state index in [1.54, 1.807) is 11.1 Å². The van der Waals surface area contributed by atoms with Gasteiger partial charge in [-0.15, -0.1) is 0 Å². The Hall–Kier alpha value is -2.41. The smallest absolute Gasteiger partial charge is 0.0789 e. The van der Waals surface area contributed by atoms with E-state index in [1.165, 1.54) is 122 Å². The second-order valence-corrected chi connectivity index (χ2v) is 11.6. The van der Waals surface area contributed by atoms with Crippen molar-refractivity contribution in [3.63, 3.8) is 0 Å². The number of hydrogen-bond donors (Lipinski definition) is 0. The van der Waals surface area contributed by atoms with Gasteiger partial charge in [-0.2, -0.15) is 0 Å². The quantitative estimate of drug-likeness (QED) is 0.289. The molecule has 7 rings (SSSR count). The molecule has 0 bridgehead atoms. The summed E-state index contributed by atoms with van der Waals surface area (Å²) in [5.41, 5.74) is 9.85. The van der Waals surface area contributed by atoms with Gasteiger partial charge in [0.1, 0.15) is 0 Å². The summed E-state index contributed by atoms with van der Waals surface area (Å²) in [7, 11) is 0. The minimum absolute atomic E-state index is 0.748. The highest BCUT2D eigenvalue weighted by molar-refractivity contribution is 6.26. The Bertz CT molecular complexity index is 1210. The molecule has 0 unspecified atom stereocenters. The zero-order chi connectivity index (χ0) is 22.5. The van der Waals surface area contributed by atoms with Crippen molar-refractivity contribution in [1.82, 2.24) is 0 Å². The highest BCUT2D eigenvalue weighted by Crippen LogP contribution is 2.43. The van der Waals surface area contributed by atoms with Crippen LogP contribution in [0.2, 0.25) is 0 Å². The Morgan fingerprint density at radius 1 is 0.676 bits per heavy atom. The maximum absolute atomic E-state index is 5.29. The highest BCUT2D eigenvalue weighted by Gasteiger charge is 2.26. The van der Waals surface area contributed by atoms with E-state index in [0.29, 0.717) is 0 Å². The van der Waals surface area contributed by atoms with Gasteiger partial charge in [-0.1, -0.05) is 81.7 Å². The van der Waals surface area contributed by atoms with Crippen molar-refractivity contribution in [3.8, 4) is 0 Å². The molecule has 1 heteroatoms. The molecule has 0 amide bonds. The van der Waals surface area contributed by atoms with Crippen LogP contribution in [0.1, 0.15) is 117 Å². The monoisotopic (exact) mass is 447 g/mol. The van der Waals surface area contributed by atoms with Gasteiger partial charge in [0.2, 0.25) is 0 Å². The molecule has 1 aliphatic heterocycles. The minimum Gasteiger partial charge on any atom is -0.247 e. The molecular weight excluding hydrogens is 410 g/mol. The van der Waals surface area contributed by atoms with Crippen molar-refractivity contribution in [1.29, 1.82) is 0 Å². The van der Waals surface area contributed by atoms with Gasteiger partial charge in [-0.3, -0.25) is 0 Å². The summed E-state index contributed by atoms with van der Waals surface area (Å²) in [6.45, 7) is 0. The molecule has 0 spiro atoms. The maximum Gasteiger partial charge on any atom is 0.0789 e. The fourth-order valence-electron chi connectivity index (χ4n) is 7.65. The van der Waals surface area contributed by atoms with Crippen molar-refractivity contribution in [2.45, 2.75) is 95.3 Å². The predicted molar refractivity (Wildman–Crippen MR) is 144 cm³/mol. The molecule has 0 saturated heterocycles. The molecule has 4 aliphatic rings. The lowest BCUT2D eigenvalue weighted by Gasteiger charge is -2.18. The van der Waals surface area contributed by atoms with E-state index in [0.717, 1.165) is 17.8 Å². The van der Waals surface area contributed by atoms with Crippen LogP contribution in [0.5, 0.6) is 0 Å². The van der Waals surface area contributed by atoms with Crippen LogP contribution in [0.25, 0.3) is 10.8 Å². The van der Waals surface area contributed by atoms with Gasteiger partial charge < -0.3 is 0 Å². The first-order valence-corrected chi connectivity index (χ1v) is 14.1. The fraction of sp³-hybridized carbons (Fsp3) is 0.485. The Kier molecular flexibility index (Phi) is 5.33. The molecule has 0 atom stereocenters. The minimum atomic E-state index is 0.748. The number of hydrogen-bond acceptors (Lipinski definition) is 1. The summed E-state index contributed by atoms with van der Waals surface area (Å²) in [6, 6.07) is 19.2. The molecule has 174 valence electrons. The summed E-state index contributed by atoms with van der Waals surface area (Å²) >= 11 is 0. The normalized spacial score (nSPS) is 21.2. The van der Waals surface area contributed by atoms with Gasteiger partial charge in [-0.05, 0) is 90.1 Å². The van der Waals surface area contributed by atoms with Crippen LogP contribution in [-0.2, 0) is 6.42 Å². The van der Waals surface area contributed by atoms with E-state index in [1.807, 2.05) is 0 Å². The molecular formula is C33H37N. The average molecular weight is 448 g/mol. The third-order valence-electron chi connectivity index (χ3n) is 9.48. The van der Waals surface area contributed by atoms with E-state index in [-0.39, 0.29) is 0 Å². The fourth-order valence-corrected chi connectivity index (χ4v) is 7.65. The van der Waals surface area contributed by atoms with Crippen molar-refractivity contribution in [3.05, 3.63) is 76.3 Å². The molecule has 3 saturated carbocycles. The first-order chi connectivity index (χ1) is 16.8. The maximum atomic E-state index is 5.29. The lowest BCUT2D eigenvalue weighted by atomic mass is 9.86. The van der Waals surface area contributed by atoms with Gasteiger partial charge in [0.15, 0.2) is 0 Å². The average Bonchev–Trinajstić information content (AvgIpc) is 3.69. The summed E-state index contributed by atoms with van der Waals surface area (Å²) in [5, 5.41) is 2.85. The first kappa shape index (κ1) is 20.9. The zero-order valence-electron chi connectivity index (χ0n) is 20.5. The number of nitrogens with zero attached hydrogens (tertiary/aromatic N) is 1. The van der Waals surface area contributed by atoms with Crippen molar-refractivity contribution in [2.24, 2.45) is 10.9 Å². The summed E-state index contributed by atoms with van der Waals surface area (Å²) in [5.74, 6) is 2.37. The third-order valence-corrected chi connectivity index (χ3v) is 9.48.